The van der Waals surface area contributed by atoms with Gasteiger partial charge in [-0.05, 0) is 94.6 Å². The van der Waals surface area contributed by atoms with Crippen molar-refractivity contribution in [1.29, 1.82) is 0 Å². The molecule has 0 aliphatic carbocycles. The summed E-state index contributed by atoms with van der Waals surface area (Å²) in [5.74, 6) is -4.90. The third kappa shape index (κ3) is 12.3. The van der Waals surface area contributed by atoms with Gasteiger partial charge in [0.25, 0.3) is 0 Å². The fourth-order valence-electron chi connectivity index (χ4n) is 5.03. The van der Waals surface area contributed by atoms with Gasteiger partial charge in [0.15, 0.2) is 21.3 Å². The lowest BCUT2D eigenvalue weighted by Crippen LogP contribution is -2.23. The Morgan fingerprint density at radius 3 is 1.05 bits per heavy atom. The molecule has 2 atom stereocenters. The van der Waals surface area contributed by atoms with Gasteiger partial charge in [-0.2, -0.15) is 52.7 Å². The van der Waals surface area contributed by atoms with E-state index in [2.05, 4.69) is 0 Å². The lowest BCUT2D eigenvalue weighted by atomic mass is 10.0. The number of aryl methyl sites for hydroxylation is 2. The summed E-state index contributed by atoms with van der Waals surface area (Å²) in [4.78, 5) is -1.29. The van der Waals surface area contributed by atoms with E-state index in [4.69, 9.17) is 51.1 Å². The summed E-state index contributed by atoms with van der Waals surface area (Å²) in [5, 5.41) is -1.84. The first kappa shape index (κ1) is 45.3. The lowest BCUT2D eigenvalue weighted by molar-refractivity contribution is -0.138. The minimum Gasteiger partial charge on any atom is -0.611 e. The van der Waals surface area contributed by atoms with E-state index in [0.717, 1.165) is 60.7 Å². The normalized spacial score (nSPS) is 13.9. The van der Waals surface area contributed by atoms with Gasteiger partial charge in [0.1, 0.15) is 10.0 Å². The third-order valence-electron chi connectivity index (χ3n) is 7.64. The quantitative estimate of drug-likeness (QED) is 0.105. The van der Waals surface area contributed by atoms with Crippen LogP contribution in [-0.4, -0.2) is 33.0 Å². The van der Waals surface area contributed by atoms with Gasteiger partial charge < -0.3 is 13.8 Å². The highest BCUT2D eigenvalue weighted by Crippen LogP contribution is 2.46. The Balaban J connectivity index is 1.80. The Morgan fingerprint density at radius 1 is 0.473 bits per heavy atom. The first-order valence-corrected chi connectivity index (χ1v) is 19.3. The van der Waals surface area contributed by atoms with Crippen LogP contribution in [0.15, 0.2) is 70.5 Å². The summed E-state index contributed by atoms with van der Waals surface area (Å²) in [5.41, 5.74) is -1.64. The monoisotopic (exact) mass is 910 g/mol. The van der Waals surface area contributed by atoms with Crippen LogP contribution in [-0.2, 0) is 60.4 Å². The number of hydrogen-bond donors (Lipinski definition) is 0. The third-order valence-corrected chi connectivity index (χ3v) is 12.4. The van der Waals surface area contributed by atoms with E-state index in [0.29, 0.717) is 11.1 Å². The van der Waals surface area contributed by atoms with Crippen molar-refractivity contribution >= 4 is 68.8 Å². The zero-order chi connectivity index (χ0) is 41.3. The Hall–Kier alpha value is -2.38. The first-order chi connectivity index (χ1) is 25.2. The van der Waals surface area contributed by atoms with Gasteiger partial charge in [0.2, 0.25) is 11.5 Å². The van der Waals surface area contributed by atoms with Crippen LogP contribution >= 0.6 is 46.4 Å². The summed E-state index contributed by atoms with van der Waals surface area (Å²) in [7, 11) is 0. The molecular formula is C34H22Cl4F12O3S2. The van der Waals surface area contributed by atoms with E-state index in [1.165, 1.54) is 0 Å². The Bertz CT molecular complexity index is 1830. The van der Waals surface area contributed by atoms with E-state index < -0.39 is 111 Å². The van der Waals surface area contributed by atoms with Crippen molar-refractivity contribution in [2.75, 3.05) is 11.5 Å². The smallest absolute Gasteiger partial charge is 0.433 e. The van der Waals surface area contributed by atoms with Gasteiger partial charge in [0.05, 0.1) is 21.2 Å². The zero-order valence-corrected chi connectivity index (χ0v) is 31.8. The molecular weight excluding hydrogens is 890 g/mol. The summed E-state index contributed by atoms with van der Waals surface area (Å²) in [6.45, 7) is 0. The van der Waals surface area contributed by atoms with Crippen molar-refractivity contribution in [3.8, 4) is 11.5 Å². The molecule has 300 valence electrons. The average Bonchev–Trinajstić information content (AvgIpc) is 3.05. The minimum atomic E-state index is -4.96. The van der Waals surface area contributed by atoms with Gasteiger partial charge in [-0.3, -0.25) is 0 Å². The minimum absolute atomic E-state index is 0.0945. The fraction of sp³-hybridized carbons (Fsp3) is 0.294. The van der Waals surface area contributed by atoms with Crippen LogP contribution < -0.4 is 4.74 Å². The molecule has 0 aliphatic rings. The second-order valence-corrected chi connectivity index (χ2v) is 16.0. The molecule has 0 spiro atoms. The number of ether oxygens (including phenoxy) is 1. The first-order valence-electron chi connectivity index (χ1n) is 15.2. The maximum Gasteiger partial charge on any atom is 0.433 e. The number of benzene rings is 4. The molecule has 0 heterocycles. The highest BCUT2D eigenvalue weighted by molar-refractivity contribution is 7.91. The maximum atomic E-state index is 13.3. The van der Waals surface area contributed by atoms with Gasteiger partial charge >= 0.3 is 24.7 Å². The van der Waals surface area contributed by atoms with Gasteiger partial charge in [-0.15, -0.1) is 0 Å². The summed E-state index contributed by atoms with van der Waals surface area (Å²) < 4.78 is 190. The molecule has 0 saturated carbocycles. The predicted molar refractivity (Wildman–Crippen MR) is 185 cm³/mol. The highest BCUT2D eigenvalue weighted by atomic mass is 35.5. The van der Waals surface area contributed by atoms with Crippen molar-refractivity contribution in [1.82, 2.24) is 0 Å². The van der Waals surface area contributed by atoms with E-state index in [9.17, 15) is 61.8 Å². The summed E-state index contributed by atoms with van der Waals surface area (Å²) in [6, 6.07) is 9.25. The van der Waals surface area contributed by atoms with E-state index in [1.54, 1.807) is 0 Å². The summed E-state index contributed by atoms with van der Waals surface area (Å²) in [6.07, 6.45) is -19.9. The largest absolute Gasteiger partial charge is 0.611 e. The van der Waals surface area contributed by atoms with Crippen LogP contribution in [0.5, 0.6) is 11.5 Å². The molecule has 4 rings (SSSR count). The van der Waals surface area contributed by atoms with Gasteiger partial charge in [0, 0.05) is 12.1 Å². The Labute approximate surface area is 331 Å². The standard InChI is InChI=1S/C34H22Cl4F12O3S2/c35-27-21(11-5-17-1-7-19(8-2-17)33(45,46)47)29(37)25(54(51)15-31(39,40)41)13-23(27)53-24-14-26(55(52)16-32(42,43)44)30(38)22(28(24)36)12-6-18-3-9-20(10-4-18)34(48,49)50/h1-4,7-10,13-14H,5-6,11-12,15-16H2. The molecule has 4 aromatic carbocycles. The molecule has 0 aromatic heterocycles. The van der Waals surface area contributed by atoms with Crippen molar-refractivity contribution < 1.29 is 66.5 Å². The molecule has 55 heavy (non-hydrogen) atoms. The molecule has 21 heteroatoms. The van der Waals surface area contributed by atoms with Crippen molar-refractivity contribution in [3.63, 3.8) is 0 Å². The number of rotatable bonds is 12. The SMILES string of the molecule is [O-][S+](CC(F)(F)F)c1cc(Oc2cc([S+]([O-])CC(F)(F)F)c(Cl)c(CCc3ccc(C(F)(F)F)cc3)c2Cl)c(Cl)c(CCc2ccc(C(F)(F)F)cc2)c1Cl. The van der Waals surface area contributed by atoms with Crippen molar-refractivity contribution in [3.05, 3.63) is 114 Å². The van der Waals surface area contributed by atoms with Crippen molar-refractivity contribution in [2.45, 2.75) is 60.2 Å². The molecule has 4 aromatic rings. The van der Waals surface area contributed by atoms with Crippen LogP contribution in [0, 0.1) is 0 Å². The Kier molecular flexibility index (Phi) is 14.5. The van der Waals surface area contributed by atoms with Crippen LogP contribution in [0.25, 0.3) is 0 Å². The molecule has 0 radical (unpaired) electrons. The topological polar surface area (TPSA) is 55.3 Å². The number of hydrogen-bond acceptors (Lipinski definition) is 3. The van der Waals surface area contributed by atoms with E-state index in [-0.39, 0.29) is 36.8 Å². The van der Waals surface area contributed by atoms with E-state index in [1.807, 2.05) is 0 Å². The van der Waals surface area contributed by atoms with Gasteiger partial charge in [-0.25, -0.2) is 0 Å². The zero-order valence-electron chi connectivity index (χ0n) is 27.1. The lowest BCUT2D eigenvalue weighted by Gasteiger charge is -2.21. The van der Waals surface area contributed by atoms with Crippen molar-refractivity contribution in [2.24, 2.45) is 0 Å². The number of alkyl halides is 12. The predicted octanol–water partition coefficient (Wildman–Crippen LogP) is 13.0. The average molecular weight is 912 g/mol. The molecule has 0 saturated heterocycles. The fourth-order valence-corrected chi connectivity index (χ4v) is 8.72. The second-order valence-electron chi connectivity index (χ2n) is 11.7. The molecule has 3 nitrogen and oxygen atoms in total. The Morgan fingerprint density at radius 2 is 0.782 bits per heavy atom. The number of halogens is 16. The second kappa shape index (κ2) is 17.6. The molecule has 0 aliphatic heterocycles. The maximum absolute atomic E-state index is 13.3. The van der Waals surface area contributed by atoms with Crippen LogP contribution in [0.1, 0.15) is 33.4 Å². The van der Waals surface area contributed by atoms with Crippen LogP contribution in [0.3, 0.4) is 0 Å². The molecule has 0 fully saturated rings. The summed E-state index contributed by atoms with van der Waals surface area (Å²) >= 11 is 20.2. The van der Waals surface area contributed by atoms with E-state index >= 15 is 0 Å². The molecule has 0 N–H and O–H groups in total. The van der Waals surface area contributed by atoms with Crippen LogP contribution in [0.2, 0.25) is 20.1 Å². The molecule has 0 amide bonds. The van der Waals surface area contributed by atoms with Gasteiger partial charge in [-0.1, -0.05) is 70.7 Å². The molecule has 0 bridgehead atoms. The molecule has 2 unspecified atom stereocenters. The highest BCUT2D eigenvalue weighted by Gasteiger charge is 2.39. The van der Waals surface area contributed by atoms with Crippen LogP contribution in [0.4, 0.5) is 52.7 Å².